The Hall–Kier alpha value is -3.24. The summed E-state index contributed by atoms with van der Waals surface area (Å²) in [4.78, 5) is 10.5. The molecule has 11 heteroatoms. The number of alkyl halides is 3. The van der Waals surface area contributed by atoms with Crippen LogP contribution in [0.2, 0.25) is 0 Å². The largest absolute Gasteiger partial charge is 0.457 e. The Labute approximate surface area is 163 Å². The standard InChI is InChI=1S/C18H18F4N6O/c1-11-16(28-5-2-6-28)9-25-17(26-11)29-10-13(27-23)8-24-12-3-4-15(19)14(7-12)18(20,21)22/h3-4,7-9,23-24H,2,5-6,10H2,1H3/b13-8-,27-23?. The number of aromatic nitrogens is 2. The lowest BCUT2D eigenvalue weighted by molar-refractivity contribution is -0.139. The molecule has 0 atom stereocenters. The first-order valence-corrected chi connectivity index (χ1v) is 8.69. The molecule has 1 aliphatic rings. The minimum absolute atomic E-state index is 0.00845. The summed E-state index contributed by atoms with van der Waals surface area (Å²) >= 11 is 0. The van der Waals surface area contributed by atoms with Gasteiger partial charge in [-0.25, -0.2) is 14.9 Å². The minimum atomic E-state index is -4.81. The fourth-order valence-electron chi connectivity index (χ4n) is 2.62. The quantitative estimate of drug-likeness (QED) is 0.518. The molecular weight excluding hydrogens is 392 g/mol. The highest BCUT2D eigenvalue weighted by molar-refractivity contribution is 5.51. The van der Waals surface area contributed by atoms with Gasteiger partial charge in [0.2, 0.25) is 0 Å². The summed E-state index contributed by atoms with van der Waals surface area (Å²) in [7, 11) is 0. The molecule has 0 aliphatic carbocycles. The van der Waals surface area contributed by atoms with Gasteiger partial charge in [0.15, 0.2) is 0 Å². The first-order valence-electron chi connectivity index (χ1n) is 8.69. The molecule has 1 saturated heterocycles. The monoisotopic (exact) mass is 410 g/mol. The summed E-state index contributed by atoms with van der Waals surface area (Å²) in [6.45, 7) is 3.58. The normalized spacial score (nSPS) is 14.4. The molecule has 0 bridgehead atoms. The van der Waals surface area contributed by atoms with Crippen LogP contribution in [0.4, 0.5) is 28.9 Å². The van der Waals surface area contributed by atoms with Crippen molar-refractivity contribution in [2.45, 2.75) is 19.5 Å². The highest BCUT2D eigenvalue weighted by Gasteiger charge is 2.34. The van der Waals surface area contributed by atoms with E-state index in [4.69, 9.17) is 10.3 Å². The number of benzene rings is 1. The zero-order chi connectivity index (χ0) is 21.0. The van der Waals surface area contributed by atoms with Crippen molar-refractivity contribution in [3.8, 4) is 6.01 Å². The van der Waals surface area contributed by atoms with Crippen LogP contribution in [0.5, 0.6) is 6.01 Å². The number of nitrogens with zero attached hydrogens (tertiary/aromatic N) is 4. The molecule has 0 saturated carbocycles. The van der Waals surface area contributed by atoms with Crippen LogP contribution < -0.4 is 15.0 Å². The molecule has 0 unspecified atom stereocenters. The van der Waals surface area contributed by atoms with Gasteiger partial charge in [-0.05, 0) is 31.5 Å². The van der Waals surface area contributed by atoms with E-state index < -0.39 is 17.6 Å². The van der Waals surface area contributed by atoms with Crippen molar-refractivity contribution in [2.24, 2.45) is 5.11 Å². The first kappa shape index (κ1) is 20.5. The highest BCUT2D eigenvalue weighted by atomic mass is 19.4. The van der Waals surface area contributed by atoms with Gasteiger partial charge >= 0.3 is 12.2 Å². The second kappa shape index (κ2) is 8.41. The van der Waals surface area contributed by atoms with Crippen molar-refractivity contribution in [2.75, 3.05) is 29.9 Å². The maximum absolute atomic E-state index is 13.3. The lowest BCUT2D eigenvalue weighted by Gasteiger charge is -2.33. The van der Waals surface area contributed by atoms with E-state index in [0.29, 0.717) is 12.1 Å². The van der Waals surface area contributed by atoms with Gasteiger partial charge in [0.05, 0.1) is 23.1 Å². The second-order valence-corrected chi connectivity index (χ2v) is 6.34. The van der Waals surface area contributed by atoms with Crippen molar-refractivity contribution < 1.29 is 22.3 Å². The van der Waals surface area contributed by atoms with Crippen LogP contribution in [0.25, 0.3) is 0 Å². The number of nitrogens with one attached hydrogen (secondary N) is 2. The number of ether oxygens (including phenoxy) is 1. The Kier molecular flexibility index (Phi) is 5.95. The molecule has 1 aliphatic heterocycles. The SMILES string of the molecule is Cc1nc(OC/C(=C/Nc2ccc(F)c(C(F)(F)F)c2)N=N)ncc1N1CCC1. The molecule has 0 radical (unpaired) electrons. The third kappa shape index (κ3) is 4.98. The van der Waals surface area contributed by atoms with Crippen LogP contribution in [0.3, 0.4) is 0 Å². The van der Waals surface area contributed by atoms with Crippen LogP contribution in [-0.4, -0.2) is 29.7 Å². The van der Waals surface area contributed by atoms with E-state index in [1.807, 2.05) is 6.92 Å². The summed E-state index contributed by atoms with van der Waals surface area (Å²) in [6, 6.07) is 2.59. The summed E-state index contributed by atoms with van der Waals surface area (Å²) < 4.78 is 57.0. The molecule has 2 N–H and O–H groups in total. The second-order valence-electron chi connectivity index (χ2n) is 6.34. The van der Waals surface area contributed by atoms with Crippen LogP contribution in [0.1, 0.15) is 17.7 Å². The highest BCUT2D eigenvalue weighted by Crippen LogP contribution is 2.33. The molecule has 3 rings (SSSR count). The van der Waals surface area contributed by atoms with Crippen LogP contribution in [0, 0.1) is 18.3 Å². The predicted molar refractivity (Wildman–Crippen MR) is 97.3 cm³/mol. The van der Waals surface area contributed by atoms with E-state index in [2.05, 4.69) is 25.3 Å². The minimum Gasteiger partial charge on any atom is -0.457 e. The third-order valence-electron chi connectivity index (χ3n) is 4.30. The van der Waals surface area contributed by atoms with Gasteiger partial charge in [-0.3, -0.25) is 0 Å². The van der Waals surface area contributed by atoms with E-state index in [-0.39, 0.29) is 24.0 Å². The van der Waals surface area contributed by atoms with Crippen molar-refractivity contribution in [1.29, 1.82) is 5.53 Å². The van der Waals surface area contributed by atoms with Gasteiger partial charge < -0.3 is 15.0 Å². The lowest BCUT2D eigenvalue weighted by atomic mass is 10.2. The molecule has 2 heterocycles. The van der Waals surface area contributed by atoms with E-state index in [9.17, 15) is 17.6 Å². The zero-order valence-electron chi connectivity index (χ0n) is 15.4. The van der Waals surface area contributed by atoms with Gasteiger partial charge in [0, 0.05) is 25.0 Å². The fraction of sp³-hybridized carbons (Fsp3) is 0.333. The van der Waals surface area contributed by atoms with Crippen molar-refractivity contribution >= 4 is 11.4 Å². The van der Waals surface area contributed by atoms with Crippen molar-refractivity contribution in [3.63, 3.8) is 0 Å². The Bertz CT molecular complexity index is 927. The summed E-state index contributed by atoms with van der Waals surface area (Å²) in [5.74, 6) is -1.37. The van der Waals surface area contributed by atoms with Crippen LogP contribution >= 0.6 is 0 Å². The van der Waals surface area contributed by atoms with E-state index >= 15 is 0 Å². The zero-order valence-corrected chi connectivity index (χ0v) is 15.4. The summed E-state index contributed by atoms with van der Waals surface area (Å²) in [5, 5.41) is 5.81. The fourth-order valence-corrected chi connectivity index (χ4v) is 2.62. The average molecular weight is 410 g/mol. The maximum Gasteiger partial charge on any atom is 0.419 e. The first-order chi connectivity index (χ1) is 13.8. The predicted octanol–water partition coefficient (Wildman–Crippen LogP) is 4.52. The molecule has 1 fully saturated rings. The van der Waals surface area contributed by atoms with Gasteiger partial charge in [-0.1, -0.05) is 0 Å². The van der Waals surface area contributed by atoms with E-state index in [0.717, 1.165) is 37.0 Å². The Morgan fingerprint density at radius 3 is 2.72 bits per heavy atom. The topological polar surface area (TPSA) is 86.5 Å². The van der Waals surface area contributed by atoms with Gasteiger partial charge in [-0.2, -0.15) is 23.3 Å². The molecule has 154 valence electrons. The molecule has 0 amide bonds. The smallest absolute Gasteiger partial charge is 0.419 e. The molecule has 2 aromatic rings. The third-order valence-corrected chi connectivity index (χ3v) is 4.30. The maximum atomic E-state index is 13.3. The van der Waals surface area contributed by atoms with Gasteiger partial charge in [0.1, 0.15) is 18.1 Å². The average Bonchev–Trinajstić information content (AvgIpc) is 2.62. The number of anilines is 2. The number of hydrogen-bond acceptors (Lipinski definition) is 7. The molecular formula is C18H18F4N6O. The molecule has 7 nitrogen and oxygen atoms in total. The van der Waals surface area contributed by atoms with E-state index in [1.54, 1.807) is 6.20 Å². The lowest BCUT2D eigenvalue weighted by Crippen LogP contribution is -2.37. The van der Waals surface area contributed by atoms with Crippen LogP contribution in [0.15, 0.2) is 41.4 Å². The summed E-state index contributed by atoms with van der Waals surface area (Å²) in [5.41, 5.74) is 7.56. The Morgan fingerprint density at radius 2 is 2.14 bits per heavy atom. The summed E-state index contributed by atoms with van der Waals surface area (Å²) in [6.07, 6.45) is -0.827. The number of rotatable bonds is 7. The van der Waals surface area contributed by atoms with E-state index in [1.165, 1.54) is 6.20 Å². The van der Waals surface area contributed by atoms with Gasteiger partial charge in [-0.15, -0.1) is 0 Å². The number of halogens is 4. The molecule has 1 aromatic carbocycles. The Morgan fingerprint density at radius 1 is 1.38 bits per heavy atom. The van der Waals surface area contributed by atoms with Crippen molar-refractivity contribution in [3.05, 3.63) is 53.4 Å². The Balaban J connectivity index is 1.64. The number of aryl methyl sites for hydroxylation is 1. The molecule has 29 heavy (non-hydrogen) atoms. The molecule has 1 aromatic heterocycles. The molecule has 0 spiro atoms. The van der Waals surface area contributed by atoms with Crippen LogP contribution in [-0.2, 0) is 6.18 Å². The van der Waals surface area contributed by atoms with Crippen molar-refractivity contribution in [1.82, 2.24) is 9.97 Å². The van der Waals surface area contributed by atoms with Gasteiger partial charge in [0.25, 0.3) is 0 Å². The number of hydrogen-bond donors (Lipinski definition) is 2.